The highest BCUT2D eigenvalue weighted by atomic mass is 35.5. The summed E-state index contributed by atoms with van der Waals surface area (Å²) in [5.74, 6) is 1.06. The molecular formula is C19H29ClN4. The van der Waals surface area contributed by atoms with Gasteiger partial charge >= 0.3 is 0 Å². The minimum Gasteiger partial charge on any atom is -0.308 e. The fourth-order valence-corrected chi connectivity index (χ4v) is 3.11. The van der Waals surface area contributed by atoms with E-state index in [1.807, 2.05) is 0 Å². The number of hydrogen-bond donors (Lipinski definition) is 0. The Hall–Kier alpha value is -1.52. The monoisotopic (exact) mass is 348 g/mol. The van der Waals surface area contributed by atoms with Crippen LogP contribution in [0.2, 0.25) is 0 Å². The zero-order valence-electron chi connectivity index (χ0n) is 15.4. The van der Waals surface area contributed by atoms with Gasteiger partial charge in [0.15, 0.2) is 0 Å². The molecule has 0 amide bonds. The van der Waals surface area contributed by atoms with Crippen molar-refractivity contribution < 1.29 is 0 Å². The van der Waals surface area contributed by atoms with Crippen LogP contribution in [0.15, 0.2) is 30.5 Å². The third-order valence-corrected chi connectivity index (χ3v) is 4.66. The van der Waals surface area contributed by atoms with Crippen molar-refractivity contribution in [3.8, 4) is 0 Å². The van der Waals surface area contributed by atoms with Gasteiger partial charge in [0.05, 0.1) is 16.7 Å². The van der Waals surface area contributed by atoms with E-state index in [4.69, 9.17) is 4.98 Å². The standard InChI is InChI=1S/C19H28N4.ClH/c1-6-21(7-2)12-13-22-15-10-8-9-11-16(15)23-14-17(19(3,4)5)20-18(22)23;/h8-11,14H,6-7,12-13H2,1-5H3;1H. The normalized spacial score (nSPS) is 12.2. The number of hydrogen-bond acceptors (Lipinski definition) is 2. The molecule has 0 saturated carbocycles. The number of nitrogens with zero attached hydrogens (tertiary/aromatic N) is 4. The summed E-state index contributed by atoms with van der Waals surface area (Å²) in [6.07, 6.45) is 2.20. The van der Waals surface area contributed by atoms with Gasteiger partial charge < -0.3 is 9.47 Å². The maximum absolute atomic E-state index is 4.96. The fraction of sp³-hybridized carbons (Fsp3) is 0.526. The smallest absolute Gasteiger partial charge is 0.215 e. The molecule has 132 valence electrons. The number of likely N-dealkylation sites (N-methyl/N-ethyl adjacent to an activating group) is 1. The lowest BCUT2D eigenvalue weighted by Crippen LogP contribution is -2.27. The molecule has 5 heteroatoms. The van der Waals surface area contributed by atoms with Crippen LogP contribution in [0.5, 0.6) is 0 Å². The number of para-hydroxylation sites is 2. The average molecular weight is 349 g/mol. The van der Waals surface area contributed by atoms with E-state index in [2.05, 4.69) is 78.9 Å². The zero-order valence-corrected chi connectivity index (χ0v) is 16.2. The van der Waals surface area contributed by atoms with E-state index in [9.17, 15) is 0 Å². The van der Waals surface area contributed by atoms with Gasteiger partial charge in [-0.3, -0.25) is 4.40 Å². The summed E-state index contributed by atoms with van der Waals surface area (Å²) in [4.78, 5) is 7.42. The second kappa shape index (κ2) is 7.16. The molecule has 2 heterocycles. The molecule has 0 N–H and O–H groups in total. The molecule has 0 aliphatic rings. The van der Waals surface area contributed by atoms with Crippen molar-refractivity contribution in [2.75, 3.05) is 19.6 Å². The first-order valence-electron chi connectivity index (χ1n) is 8.64. The average Bonchev–Trinajstić information content (AvgIpc) is 3.07. The van der Waals surface area contributed by atoms with Gasteiger partial charge in [0.2, 0.25) is 5.78 Å². The lowest BCUT2D eigenvalue weighted by atomic mass is 9.93. The molecule has 24 heavy (non-hydrogen) atoms. The SMILES string of the molecule is CCN(CC)CCn1c2ccccc2n2cc(C(C)(C)C)nc12.Cl. The van der Waals surface area contributed by atoms with Crippen LogP contribution in [0.4, 0.5) is 0 Å². The zero-order chi connectivity index (χ0) is 16.6. The van der Waals surface area contributed by atoms with Crippen molar-refractivity contribution in [3.63, 3.8) is 0 Å². The van der Waals surface area contributed by atoms with E-state index in [0.29, 0.717) is 0 Å². The third kappa shape index (κ3) is 3.31. The molecule has 0 radical (unpaired) electrons. The highest BCUT2D eigenvalue weighted by Gasteiger charge is 2.21. The summed E-state index contributed by atoms with van der Waals surface area (Å²) in [6, 6.07) is 8.60. The molecular weight excluding hydrogens is 320 g/mol. The number of fused-ring (bicyclic) bond motifs is 3. The van der Waals surface area contributed by atoms with Crippen molar-refractivity contribution in [2.45, 2.75) is 46.6 Å². The van der Waals surface area contributed by atoms with Crippen molar-refractivity contribution >= 4 is 29.2 Å². The van der Waals surface area contributed by atoms with Crippen molar-refractivity contribution in [1.29, 1.82) is 0 Å². The Balaban J connectivity index is 0.00000208. The third-order valence-electron chi connectivity index (χ3n) is 4.66. The van der Waals surface area contributed by atoms with Crippen LogP contribution >= 0.6 is 12.4 Å². The van der Waals surface area contributed by atoms with Crippen LogP contribution < -0.4 is 0 Å². The second-order valence-electron chi connectivity index (χ2n) is 7.21. The van der Waals surface area contributed by atoms with Crippen LogP contribution in [0.25, 0.3) is 16.8 Å². The van der Waals surface area contributed by atoms with E-state index in [1.54, 1.807) is 0 Å². The highest BCUT2D eigenvalue weighted by Crippen LogP contribution is 2.26. The number of aromatic nitrogens is 3. The fourth-order valence-electron chi connectivity index (χ4n) is 3.11. The maximum Gasteiger partial charge on any atom is 0.215 e. The molecule has 0 aliphatic heterocycles. The number of imidazole rings is 2. The molecule has 0 atom stereocenters. The molecule has 2 aromatic heterocycles. The van der Waals surface area contributed by atoms with Gasteiger partial charge in [-0.2, -0.15) is 0 Å². The highest BCUT2D eigenvalue weighted by molar-refractivity contribution is 5.85. The van der Waals surface area contributed by atoms with E-state index in [0.717, 1.165) is 37.7 Å². The van der Waals surface area contributed by atoms with Gasteiger partial charge in [-0.15, -0.1) is 12.4 Å². The topological polar surface area (TPSA) is 25.5 Å². The number of benzene rings is 1. The summed E-state index contributed by atoms with van der Waals surface area (Å²) in [7, 11) is 0. The van der Waals surface area contributed by atoms with E-state index in [-0.39, 0.29) is 17.8 Å². The molecule has 3 rings (SSSR count). The van der Waals surface area contributed by atoms with E-state index in [1.165, 1.54) is 11.0 Å². The van der Waals surface area contributed by atoms with Crippen LogP contribution in [-0.2, 0) is 12.0 Å². The van der Waals surface area contributed by atoms with Crippen molar-refractivity contribution in [2.24, 2.45) is 0 Å². The molecule has 3 aromatic rings. The predicted molar refractivity (Wildman–Crippen MR) is 104 cm³/mol. The second-order valence-corrected chi connectivity index (χ2v) is 7.21. The van der Waals surface area contributed by atoms with Crippen LogP contribution in [0.1, 0.15) is 40.3 Å². The van der Waals surface area contributed by atoms with Crippen LogP contribution in [0, 0.1) is 0 Å². The lowest BCUT2D eigenvalue weighted by Gasteiger charge is -2.18. The number of halogens is 1. The molecule has 0 fully saturated rings. The first-order valence-corrected chi connectivity index (χ1v) is 8.64. The Morgan fingerprint density at radius 1 is 1.04 bits per heavy atom. The molecule has 0 saturated heterocycles. The minimum absolute atomic E-state index is 0. The molecule has 0 spiro atoms. The summed E-state index contributed by atoms with van der Waals surface area (Å²) in [5, 5.41) is 0. The van der Waals surface area contributed by atoms with Crippen molar-refractivity contribution in [1.82, 2.24) is 18.9 Å². The molecule has 0 bridgehead atoms. The minimum atomic E-state index is 0. The van der Waals surface area contributed by atoms with Gasteiger partial charge in [-0.05, 0) is 25.2 Å². The summed E-state index contributed by atoms with van der Waals surface area (Å²) in [5.41, 5.74) is 3.72. The molecule has 0 aliphatic carbocycles. The first-order chi connectivity index (χ1) is 11.0. The van der Waals surface area contributed by atoms with Gasteiger partial charge in [0, 0.05) is 24.7 Å². The van der Waals surface area contributed by atoms with Gasteiger partial charge in [0.1, 0.15) is 0 Å². The van der Waals surface area contributed by atoms with Gasteiger partial charge in [-0.25, -0.2) is 4.98 Å². The quantitative estimate of drug-likeness (QED) is 0.685. The molecule has 0 unspecified atom stereocenters. The Bertz CT molecular complexity index is 806. The summed E-state index contributed by atoms with van der Waals surface area (Å²) < 4.78 is 4.61. The predicted octanol–water partition coefficient (Wildman–Crippen LogP) is 4.35. The summed E-state index contributed by atoms with van der Waals surface area (Å²) >= 11 is 0. The van der Waals surface area contributed by atoms with Crippen LogP contribution in [0.3, 0.4) is 0 Å². The maximum atomic E-state index is 4.96. The van der Waals surface area contributed by atoms with Crippen molar-refractivity contribution in [3.05, 3.63) is 36.2 Å². The van der Waals surface area contributed by atoms with E-state index >= 15 is 0 Å². The Morgan fingerprint density at radius 3 is 2.25 bits per heavy atom. The largest absolute Gasteiger partial charge is 0.308 e. The Kier molecular flexibility index (Phi) is 5.61. The lowest BCUT2D eigenvalue weighted by molar-refractivity contribution is 0.293. The number of rotatable bonds is 5. The molecule has 4 nitrogen and oxygen atoms in total. The first kappa shape index (κ1) is 18.8. The van der Waals surface area contributed by atoms with E-state index < -0.39 is 0 Å². The Morgan fingerprint density at radius 2 is 1.67 bits per heavy atom. The Labute approximate surface area is 150 Å². The summed E-state index contributed by atoms with van der Waals surface area (Å²) in [6.45, 7) is 15.3. The molecule has 1 aromatic carbocycles. The van der Waals surface area contributed by atoms with Gasteiger partial charge in [-0.1, -0.05) is 46.8 Å². The van der Waals surface area contributed by atoms with Gasteiger partial charge in [0.25, 0.3) is 0 Å². The van der Waals surface area contributed by atoms with Crippen LogP contribution in [-0.4, -0.2) is 38.5 Å².